The van der Waals surface area contributed by atoms with E-state index in [1.807, 2.05) is 19.2 Å². The van der Waals surface area contributed by atoms with Gasteiger partial charge in [0.2, 0.25) is 5.78 Å². The molecule has 1 atom stereocenters. The van der Waals surface area contributed by atoms with E-state index in [4.69, 9.17) is 0 Å². The first-order valence-electron chi connectivity index (χ1n) is 5.48. The highest BCUT2D eigenvalue weighted by molar-refractivity contribution is 6.42. The van der Waals surface area contributed by atoms with Gasteiger partial charge in [0.25, 0.3) is 0 Å². The van der Waals surface area contributed by atoms with Gasteiger partial charge >= 0.3 is 0 Å². The topological polar surface area (TPSA) is 46.5 Å². The van der Waals surface area contributed by atoms with Gasteiger partial charge in [0, 0.05) is 30.8 Å². The van der Waals surface area contributed by atoms with Crippen molar-refractivity contribution in [3.63, 3.8) is 0 Å². The van der Waals surface area contributed by atoms with Crippen LogP contribution in [0.3, 0.4) is 0 Å². The molecule has 86 valence electrons. The minimum atomic E-state index is -0.445. The van der Waals surface area contributed by atoms with Gasteiger partial charge in [-0.1, -0.05) is 25.1 Å². The Balaban J connectivity index is 2.36. The Kier molecular flexibility index (Phi) is 3.00. The summed E-state index contributed by atoms with van der Waals surface area (Å²) < 4.78 is 0. The predicted octanol–water partition coefficient (Wildman–Crippen LogP) is 2.52. The summed E-state index contributed by atoms with van der Waals surface area (Å²) in [4.78, 5) is 26.7. The average Bonchev–Trinajstić information content (AvgIpc) is 2.74. The number of ketones is 2. The maximum Gasteiger partial charge on any atom is 0.228 e. The minimum absolute atomic E-state index is 0.248. The Bertz CT molecular complexity index is 541. The smallest absolute Gasteiger partial charge is 0.228 e. The molecule has 1 aromatic rings. The van der Waals surface area contributed by atoms with Crippen molar-refractivity contribution in [1.29, 1.82) is 0 Å². The first-order chi connectivity index (χ1) is 8.09. The monoisotopic (exact) mass is 227 g/mol. The van der Waals surface area contributed by atoms with E-state index in [2.05, 4.69) is 4.99 Å². The molecule has 17 heavy (non-hydrogen) atoms. The summed E-state index contributed by atoms with van der Waals surface area (Å²) in [5.74, 6) is -0.636. The lowest BCUT2D eigenvalue weighted by molar-refractivity contribution is -0.113. The van der Waals surface area contributed by atoms with Crippen LogP contribution >= 0.6 is 0 Å². The van der Waals surface area contributed by atoms with Crippen molar-refractivity contribution in [2.75, 3.05) is 0 Å². The number of carbonyl (C=O) groups is 2. The van der Waals surface area contributed by atoms with Gasteiger partial charge in [-0.25, -0.2) is 0 Å². The van der Waals surface area contributed by atoms with Crippen LogP contribution in [0.2, 0.25) is 0 Å². The molecule has 0 N–H and O–H groups in total. The molecular formula is C14H13NO2. The van der Waals surface area contributed by atoms with Gasteiger partial charge in [-0.3, -0.25) is 14.6 Å². The minimum Gasteiger partial charge on any atom is -0.291 e. The van der Waals surface area contributed by atoms with E-state index in [1.165, 1.54) is 6.92 Å². The lowest BCUT2D eigenvalue weighted by Gasteiger charge is -2.08. The number of rotatable bonds is 3. The Morgan fingerprint density at radius 3 is 2.65 bits per heavy atom. The van der Waals surface area contributed by atoms with Crippen molar-refractivity contribution in [1.82, 2.24) is 0 Å². The molecule has 2 rings (SSSR count). The lowest BCUT2D eigenvalue weighted by Crippen LogP contribution is -2.10. The van der Waals surface area contributed by atoms with E-state index in [-0.39, 0.29) is 5.92 Å². The largest absolute Gasteiger partial charge is 0.291 e. The highest BCUT2D eigenvalue weighted by Gasteiger charge is 2.16. The molecule has 3 nitrogen and oxygen atoms in total. The molecular weight excluding hydrogens is 214 g/mol. The standard InChI is InChI=1S/C14H13NO2/c1-9-7-15-8-13(9)11-4-3-5-12(6-11)14(17)10(2)16/h3-9H,1-2H3. The van der Waals surface area contributed by atoms with Crippen LogP contribution in [0.5, 0.6) is 0 Å². The van der Waals surface area contributed by atoms with Crippen molar-refractivity contribution < 1.29 is 9.59 Å². The highest BCUT2D eigenvalue weighted by Crippen LogP contribution is 2.26. The van der Waals surface area contributed by atoms with Crippen molar-refractivity contribution in [2.24, 2.45) is 10.9 Å². The van der Waals surface area contributed by atoms with Crippen molar-refractivity contribution >= 4 is 23.4 Å². The molecule has 0 fully saturated rings. The van der Waals surface area contributed by atoms with Crippen molar-refractivity contribution in [3.8, 4) is 0 Å². The Hall–Kier alpha value is -2.03. The fourth-order valence-corrected chi connectivity index (χ4v) is 1.83. The zero-order chi connectivity index (χ0) is 12.4. The maximum absolute atomic E-state index is 11.6. The molecule has 0 saturated heterocycles. The summed E-state index contributed by atoms with van der Waals surface area (Å²) in [6, 6.07) is 7.13. The van der Waals surface area contributed by atoms with E-state index in [1.54, 1.807) is 24.4 Å². The average molecular weight is 227 g/mol. The number of hydrogen-bond donors (Lipinski definition) is 0. The van der Waals surface area contributed by atoms with E-state index >= 15 is 0 Å². The summed E-state index contributed by atoms with van der Waals surface area (Å²) in [7, 11) is 0. The fourth-order valence-electron chi connectivity index (χ4n) is 1.83. The number of carbonyl (C=O) groups excluding carboxylic acids is 2. The first-order valence-corrected chi connectivity index (χ1v) is 5.48. The number of Topliss-reactive ketones (excluding diaryl/α,β-unsaturated/α-hetero) is 2. The van der Waals surface area contributed by atoms with E-state index in [0.717, 1.165) is 11.1 Å². The van der Waals surface area contributed by atoms with Gasteiger partial charge in [-0.2, -0.15) is 0 Å². The van der Waals surface area contributed by atoms with Gasteiger partial charge in [-0.15, -0.1) is 0 Å². The van der Waals surface area contributed by atoms with Crippen LogP contribution in [0.1, 0.15) is 29.8 Å². The van der Waals surface area contributed by atoms with Gasteiger partial charge in [0.1, 0.15) is 0 Å². The van der Waals surface area contributed by atoms with Crippen LogP contribution in [0, 0.1) is 5.92 Å². The van der Waals surface area contributed by atoms with E-state index < -0.39 is 11.6 Å². The number of allylic oxidation sites excluding steroid dienone is 1. The molecule has 0 spiro atoms. The SMILES string of the molecule is CC(=O)C(=O)c1cccc(C2=CN=CC2C)c1. The zero-order valence-electron chi connectivity index (χ0n) is 9.81. The quantitative estimate of drug-likeness (QED) is 0.588. The third kappa shape index (κ3) is 2.23. The van der Waals surface area contributed by atoms with Gasteiger partial charge < -0.3 is 0 Å². The molecule has 0 amide bonds. The van der Waals surface area contributed by atoms with Crippen LogP contribution in [0.15, 0.2) is 35.5 Å². The van der Waals surface area contributed by atoms with Crippen molar-refractivity contribution in [2.45, 2.75) is 13.8 Å². The third-order valence-corrected chi connectivity index (χ3v) is 2.79. The molecule has 0 radical (unpaired) electrons. The number of benzene rings is 1. The fraction of sp³-hybridized carbons (Fsp3) is 0.214. The molecule has 1 unspecified atom stereocenters. The van der Waals surface area contributed by atoms with Crippen molar-refractivity contribution in [3.05, 3.63) is 41.6 Å². The number of aliphatic imine (C=N–C) groups is 1. The summed E-state index contributed by atoms with van der Waals surface area (Å²) in [6.07, 6.45) is 3.65. The van der Waals surface area contributed by atoms with Crippen LogP contribution in [0.25, 0.3) is 5.57 Å². The normalized spacial score (nSPS) is 18.0. The van der Waals surface area contributed by atoms with E-state index in [0.29, 0.717) is 5.56 Å². The van der Waals surface area contributed by atoms with E-state index in [9.17, 15) is 9.59 Å². The van der Waals surface area contributed by atoms with Crippen LogP contribution in [-0.2, 0) is 4.79 Å². The zero-order valence-corrected chi connectivity index (χ0v) is 9.81. The summed E-state index contributed by atoms with van der Waals surface area (Å²) in [6.45, 7) is 3.33. The molecule has 0 bridgehead atoms. The Morgan fingerprint density at radius 1 is 1.29 bits per heavy atom. The molecule has 1 aliphatic rings. The molecule has 0 saturated carbocycles. The summed E-state index contributed by atoms with van der Waals surface area (Å²) >= 11 is 0. The number of nitrogens with zero attached hydrogens (tertiary/aromatic N) is 1. The Labute approximate surface area is 99.9 Å². The molecule has 0 aliphatic carbocycles. The molecule has 1 aliphatic heterocycles. The third-order valence-electron chi connectivity index (χ3n) is 2.79. The lowest BCUT2D eigenvalue weighted by atomic mass is 9.94. The maximum atomic E-state index is 11.6. The molecule has 0 aromatic heterocycles. The second-order valence-electron chi connectivity index (χ2n) is 4.14. The molecule has 1 aromatic carbocycles. The second kappa shape index (κ2) is 4.45. The second-order valence-corrected chi connectivity index (χ2v) is 4.14. The molecule has 3 heteroatoms. The number of hydrogen-bond acceptors (Lipinski definition) is 3. The molecule has 1 heterocycles. The van der Waals surface area contributed by atoms with Gasteiger partial charge in [-0.05, 0) is 17.2 Å². The van der Waals surface area contributed by atoms with Gasteiger partial charge in [0.15, 0.2) is 5.78 Å². The van der Waals surface area contributed by atoms with Crippen LogP contribution in [-0.4, -0.2) is 17.8 Å². The summed E-state index contributed by atoms with van der Waals surface area (Å²) in [5.41, 5.74) is 2.46. The summed E-state index contributed by atoms with van der Waals surface area (Å²) in [5, 5.41) is 0. The van der Waals surface area contributed by atoms with Gasteiger partial charge in [0.05, 0.1) is 0 Å². The predicted molar refractivity (Wildman–Crippen MR) is 67.1 cm³/mol. The van der Waals surface area contributed by atoms with Crippen LogP contribution < -0.4 is 0 Å². The highest BCUT2D eigenvalue weighted by atomic mass is 16.2. The Morgan fingerprint density at radius 2 is 2.06 bits per heavy atom. The van der Waals surface area contributed by atoms with Crippen LogP contribution in [0.4, 0.5) is 0 Å². The first kappa shape index (κ1) is 11.5.